The minimum Gasteiger partial charge on any atom is -0.462 e. The van der Waals surface area contributed by atoms with Crippen LogP contribution in [0.4, 0.5) is 11.4 Å². The van der Waals surface area contributed by atoms with E-state index in [0.717, 1.165) is 0 Å². The molecule has 0 spiro atoms. The predicted molar refractivity (Wildman–Crippen MR) is 105 cm³/mol. The van der Waals surface area contributed by atoms with Gasteiger partial charge in [-0.25, -0.2) is 4.79 Å². The van der Waals surface area contributed by atoms with Gasteiger partial charge in [-0.05, 0) is 43.3 Å². The molecule has 142 valence electrons. The van der Waals surface area contributed by atoms with Crippen molar-refractivity contribution in [1.29, 1.82) is 0 Å². The molecule has 2 aromatic rings. The summed E-state index contributed by atoms with van der Waals surface area (Å²) in [6, 6.07) is 13.4. The van der Waals surface area contributed by atoms with Gasteiger partial charge in [0, 0.05) is 25.6 Å². The van der Waals surface area contributed by atoms with Crippen LogP contribution in [0.25, 0.3) is 0 Å². The first-order valence-electron chi connectivity index (χ1n) is 8.52. The van der Waals surface area contributed by atoms with Crippen LogP contribution in [0.2, 0.25) is 5.02 Å². The molecule has 6 nitrogen and oxygen atoms in total. The van der Waals surface area contributed by atoms with Gasteiger partial charge >= 0.3 is 5.97 Å². The average Bonchev–Trinajstić information content (AvgIpc) is 2.64. The summed E-state index contributed by atoms with van der Waals surface area (Å²) >= 11 is 6.14. The Morgan fingerprint density at radius 3 is 2.33 bits per heavy atom. The van der Waals surface area contributed by atoms with E-state index in [9.17, 15) is 14.4 Å². The quantitative estimate of drug-likeness (QED) is 0.730. The fraction of sp³-hybridized carbons (Fsp3) is 0.250. The summed E-state index contributed by atoms with van der Waals surface area (Å²) in [5.41, 5.74) is 1.54. The second kappa shape index (κ2) is 9.73. The van der Waals surface area contributed by atoms with E-state index in [1.165, 1.54) is 11.8 Å². The van der Waals surface area contributed by atoms with Crippen molar-refractivity contribution in [1.82, 2.24) is 0 Å². The SMILES string of the molecule is CCOC(=O)c1ccc(NC(=O)CCN(C(C)=O)c2ccccc2Cl)cc1. The topological polar surface area (TPSA) is 75.7 Å². The molecule has 0 aromatic heterocycles. The average molecular weight is 389 g/mol. The second-order valence-electron chi connectivity index (χ2n) is 5.72. The van der Waals surface area contributed by atoms with Crippen LogP contribution in [-0.4, -0.2) is 30.9 Å². The number of para-hydroxylation sites is 1. The maximum Gasteiger partial charge on any atom is 0.338 e. The largest absolute Gasteiger partial charge is 0.462 e. The molecule has 0 aliphatic heterocycles. The number of benzene rings is 2. The molecule has 7 heteroatoms. The summed E-state index contributed by atoms with van der Waals surface area (Å²) in [6.07, 6.45) is 0.102. The van der Waals surface area contributed by atoms with E-state index in [0.29, 0.717) is 28.6 Å². The Morgan fingerprint density at radius 2 is 1.74 bits per heavy atom. The number of amides is 2. The summed E-state index contributed by atoms with van der Waals surface area (Å²) in [7, 11) is 0. The molecule has 0 aliphatic rings. The number of nitrogens with zero attached hydrogens (tertiary/aromatic N) is 1. The first-order valence-corrected chi connectivity index (χ1v) is 8.89. The van der Waals surface area contributed by atoms with Crippen molar-refractivity contribution in [3.8, 4) is 0 Å². The number of halogens is 1. The van der Waals surface area contributed by atoms with Crippen LogP contribution in [0.1, 0.15) is 30.6 Å². The zero-order chi connectivity index (χ0) is 19.8. The van der Waals surface area contributed by atoms with Gasteiger partial charge in [0.1, 0.15) is 0 Å². The number of anilines is 2. The fourth-order valence-corrected chi connectivity index (χ4v) is 2.70. The molecule has 2 rings (SSSR count). The van der Waals surface area contributed by atoms with Crippen LogP contribution in [0.5, 0.6) is 0 Å². The molecule has 2 aromatic carbocycles. The third-order valence-electron chi connectivity index (χ3n) is 3.77. The van der Waals surface area contributed by atoms with E-state index in [1.807, 2.05) is 0 Å². The maximum absolute atomic E-state index is 12.2. The highest BCUT2D eigenvalue weighted by Crippen LogP contribution is 2.25. The third-order valence-corrected chi connectivity index (χ3v) is 4.09. The highest BCUT2D eigenvalue weighted by Gasteiger charge is 2.16. The van der Waals surface area contributed by atoms with Crippen LogP contribution in [0, 0.1) is 0 Å². The highest BCUT2D eigenvalue weighted by molar-refractivity contribution is 6.33. The van der Waals surface area contributed by atoms with Gasteiger partial charge in [-0.15, -0.1) is 0 Å². The first-order chi connectivity index (χ1) is 12.9. The maximum atomic E-state index is 12.2. The minimum absolute atomic E-state index is 0.102. The molecule has 0 aliphatic carbocycles. The van der Waals surface area contributed by atoms with Gasteiger partial charge in [-0.3, -0.25) is 9.59 Å². The summed E-state index contributed by atoms with van der Waals surface area (Å²) < 4.78 is 4.91. The van der Waals surface area contributed by atoms with Crippen LogP contribution in [0.15, 0.2) is 48.5 Å². The Morgan fingerprint density at radius 1 is 1.07 bits per heavy atom. The van der Waals surface area contributed by atoms with E-state index < -0.39 is 5.97 Å². The van der Waals surface area contributed by atoms with Gasteiger partial charge in [-0.2, -0.15) is 0 Å². The molecule has 0 saturated carbocycles. The van der Waals surface area contributed by atoms with Crippen molar-refractivity contribution in [3.63, 3.8) is 0 Å². The number of nitrogens with one attached hydrogen (secondary N) is 1. The van der Waals surface area contributed by atoms with Crippen molar-refractivity contribution in [2.75, 3.05) is 23.4 Å². The minimum atomic E-state index is -0.410. The molecular formula is C20H21ClN2O4. The number of carbonyl (C=O) groups is 3. The first kappa shape index (κ1) is 20.5. The van der Waals surface area contributed by atoms with E-state index in [2.05, 4.69) is 5.32 Å². The van der Waals surface area contributed by atoms with Crippen molar-refractivity contribution in [2.24, 2.45) is 0 Å². The summed E-state index contributed by atoms with van der Waals surface area (Å²) in [5.74, 6) is -0.862. The Kier molecular flexibility index (Phi) is 7.37. The molecule has 0 bridgehead atoms. The van der Waals surface area contributed by atoms with Gasteiger partial charge in [-0.1, -0.05) is 23.7 Å². The standard InChI is InChI=1S/C20H21ClN2O4/c1-3-27-20(26)15-8-10-16(11-9-15)22-19(25)12-13-23(14(2)24)18-7-5-4-6-17(18)21/h4-11H,3,12-13H2,1-2H3,(H,22,25). The lowest BCUT2D eigenvalue weighted by Gasteiger charge is -2.22. The van der Waals surface area contributed by atoms with Gasteiger partial charge in [0.2, 0.25) is 11.8 Å². The molecule has 0 heterocycles. The molecular weight excluding hydrogens is 368 g/mol. The van der Waals surface area contributed by atoms with Crippen molar-refractivity contribution in [3.05, 3.63) is 59.1 Å². The fourth-order valence-electron chi connectivity index (χ4n) is 2.46. The summed E-state index contributed by atoms with van der Waals surface area (Å²) in [6.45, 7) is 3.66. The molecule has 0 atom stereocenters. The Bertz CT molecular complexity index is 821. The van der Waals surface area contributed by atoms with Gasteiger partial charge < -0.3 is 15.0 Å². The van der Waals surface area contributed by atoms with E-state index >= 15 is 0 Å². The second-order valence-corrected chi connectivity index (χ2v) is 6.13. The van der Waals surface area contributed by atoms with Gasteiger partial charge in [0.25, 0.3) is 0 Å². The summed E-state index contributed by atoms with van der Waals surface area (Å²) in [5, 5.41) is 3.19. The number of esters is 1. The number of hydrogen-bond acceptors (Lipinski definition) is 4. The van der Waals surface area contributed by atoms with Crippen LogP contribution in [-0.2, 0) is 14.3 Å². The normalized spacial score (nSPS) is 10.2. The van der Waals surface area contributed by atoms with Crippen molar-refractivity contribution < 1.29 is 19.1 Å². The predicted octanol–water partition coefficient (Wildman–Crippen LogP) is 3.90. The van der Waals surface area contributed by atoms with Crippen molar-refractivity contribution in [2.45, 2.75) is 20.3 Å². The van der Waals surface area contributed by atoms with E-state index in [-0.39, 0.29) is 24.8 Å². The zero-order valence-electron chi connectivity index (χ0n) is 15.2. The zero-order valence-corrected chi connectivity index (χ0v) is 16.0. The van der Waals surface area contributed by atoms with Crippen molar-refractivity contribution >= 4 is 40.8 Å². The number of hydrogen-bond donors (Lipinski definition) is 1. The molecule has 0 radical (unpaired) electrons. The Balaban J connectivity index is 1.95. The number of carbonyl (C=O) groups excluding carboxylic acids is 3. The molecule has 27 heavy (non-hydrogen) atoms. The molecule has 0 saturated heterocycles. The lowest BCUT2D eigenvalue weighted by molar-refractivity contribution is -0.117. The van der Waals surface area contributed by atoms with Crippen LogP contribution >= 0.6 is 11.6 Å². The number of ether oxygens (including phenoxy) is 1. The lowest BCUT2D eigenvalue weighted by atomic mass is 10.2. The molecule has 2 amide bonds. The third kappa shape index (κ3) is 5.82. The van der Waals surface area contributed by atoms with Crippen LogP contribution < -0.4 is 10.2 Å². The van der Waals surface area contributed by atoms with Gasteiger partial charge in [0.05, 0.1) is 22.9 Å². The van der Waals surface area contributed by atoms with Gasteiger partial charge in [0.15, 0.2) is 0 Å². The Labute approximate surface area is 163 Å². The number of rotatable bonds is 7. The smallest absolute Gasteiger partial charge is 0.338 e. The molecule has 1 N–H and O–H groups in total. The molecule has 0 fully saturated rings. The highest BCUT2D eigenvalue weighted by atomic mass is 35.5. The van der Waals surface area contributed by atoms with Crippen LogP contribution in [0.3, 0.4) is 0 Å². The Hall–Kier alpha value is -2.86. The summed E-state index contributed by atoms with van der Waals surface area (Å²) in [4.78, 5) is 37.2. The monoisotopic (exact) mass is 388 g/mol. The van der Waals surface area contributed by atoms with E-state index in [4.69, 9.17) is 16.3 Å². The van der Waals surface area contributed by atoms with E-state index in [1.54, 1.807) is 55.5 Å². The molecule has 0 unspecified atom stereocenters. The lowest BCUT2D eigenvalue weighted by Crippen LogP contribution is -2.32.